The van der Waals surface area contributed by atoms with Crippen molar-refractivity contribution >= 4 is 0 Å². The average Bonchev–Trinajstić information content (AvgIpc) is 2.27. The molecular weight excluding hydrogens is 182 g/mol. The molecule has 15 heavy (non-hydrogen) atoms. The van der Waals surface area contributed by atoms with Gasteiger partial charge in [-0.3, -0.25) is 0 Å². The molecule has 2 N–H and O–H groups in total. The van der Waals surface area contributed by atoms with Gasteiger partial charge in [0.2, 0.25) is 0 Å². The summed E-state index contributed by atoms with van der Waals surface area (Å²) in [6, 6.07) is 0. The van der Waals surface area contributed by atoms with Crippen LogP contribution in [0.25, 0.3) is 0 Å². The van der Waals surface area contributed by atoms with E-state index in [0.29, 0.717) is 0 Å². The minimum absolute atomic E-state index is 0.844. The molecule has 0 radical (unpaired) electrons. The van der Waals surface area contributed by atoms with Crippen molar-refractivity contribution in [3.05, 3.63) is 23.9 Å². The van der Waals surface area contributed by atoms with Crippen molar-refractivity contribution in [1.82, 2.24) is 0 Å². The van der Waals surface area contributed by atoms with Gasteiger partial charge in [0, 0.05) is 0 Å². The molecule has 0 saturated heterocycles. The van der Waals surface area contributed by atoms with Crippen LogP contribution in [0.15, 0.2) is 23.9 Å². The Balaban J connectivity index is 2.60. The fourth-order valence-corrected chi connectivity index (χ4v) is 2.48. The van der Waals surface area contributed by atoms with Crippen LogP contribution in [0.4, 0.5) is 0 Å². The lowest BCUT2D eigenvalue weighted by Crippen LogP contribution is -2.11. The van der Waals surface area contributed by atoms with E-state index in [2.05, 4.69) is 26.0 Å². The molecule has 1 nitrogen and oxygen atoms in total. The molecule has 1 aliphatic carbocycles. The predicted molar refractivity (Wildman–Crippen MR) is 67.4 cm³/mol. The van der Waals surface area contributed by atoms with Crippen LogP contribution in [-0.4, -0.2) is 0 Å². The van der Waals surface area contributed by atoms with Gasteiger partial charge in [-0.2, -0.15) is 0 Å². The minimum Gasteiger partial charge on any atom is -0.404 e. The summed E-state index contributed by atoms with van der Waals surface area (Å²) in [6.45, 7) is 4.72. The van der Waals surface area contributed by atoms with Crippen molar-refractivity contribution in [2.45, 2.75) is 52.4 Å². The molecule has 0 saturated carbocycles. The highest BCUT2D eigenvalue weighted by Gasteiger charge is 2.15. The van der Waals surface area contributed by atoms with E-state index in [1.165, 1.54) is 37.7 Å². The van der Waals surface area contributed by atoms with Crippen molar-refractivity contribution in [1.29, 1.82) is 0 Å². The highest BCUT2D eigenvalue weighted by Crippen LogP contribution is 2.28. The number of hydrogen-bond acceptors (Lipinski definition) is 1. The van der Waals surface area contributed by atoms with E-state index in [1.807, 2.05) is 0 Å². The van der Waals surface area contributed by atoms with E-state index >= 15 is 0 Å². The number of allylic oxidation sites excluding steroid dienone is 3. The van der Waals surface area contributed by atoms with Crippen LogP contribution in [-0.2, 0) is 0 Å². The van der Waals surface area contributed by atoms with Crippen molar-refractivity contribution in [2.75, 3.05) is 0 Å². The van der Waals surface area contributed by atoms with Crippen LogP contribution < -0.4 is 5.73 Å². The molecule has 0 amide bonds. The quantitative estimate of drug-likeness (QED) is 0.690. The number of hydrogen-bond donors (Lipinski definition) is 1. The van der Waals surface area contributed by atoms with Crippen molar-refractivity contribution in [3.8, 4) is 0 Å². The van der Waals surface area contributed by atoms with Crippen LogP contribution >= 0.6 is 0 Å². The van der Waals surface area contributed by atoms with Crippen molar-refractivity contribution in [2.24, 2.45) is 17.6 Å². The first-order chi connectivity index (χ1) is 7.27. The van der Waals surface area contributed by atoms with Gasteiger partial charge in [0.25, 0.3) is 0 Å². The van der Waals surface area contributed by atoms with E-state index in [1.54, 1.807) is 6.20 Å². The minimum atomic E-state index is 0.844. The molecule has 2 atom stereocenters. The third kappa shape index (κ3) is 4.11. The number of nitrogens with two attached hydrogens (primary N) is 1. The molecule has 86 valence electrons. The average molecular weight is 207 g/mol. The largest absolute Gasteiger partial charge is 0.404 e. The summed E-state index contributed by atoms with van der Waals surface area (Å²) in [5, 5.41) is 0. The van der Waals surface area contributed by atoms with E-state index in [4.69, 9.17) is 5.73 Å². The van der Waals surface area contributed by atoms with Gasteiger partial charge in [-0.1, -0.05) is 32.4 Å². The number of rotatable bonds is 1. The molecule has 1 aliphatic rings. The van der Waals surface area contributed by atoms with E-state index < -0.39 is 0 Å². The van der Waals surface area contributed by atoms with Gasteiger partial charge in [-0.25, -0.2) is 0 Å². The van der Waals surface area contributed by atoms with E-state index in [9.17, 15) is 0 Å². The Morgan fingerprint density at radius 2 is 2.27 bits per heavy atom. The Morgan fingerprint density at radius 3 is 2.93 bits per heavy atom. The molecule has 0 fully saturated rings. The molecular formula is C14H25N. The van der Waals surface area contributed by atoms with Gasteiger partial charge in [0.15, 0.2) is 0 Å². The summed E-state index contributed by atoms with van der Waals surface area (Å²) >= 11 is 0. The molecule has 0 aromatic carbocycles. The summed E-state index contributed by atoms with van der Waals surface area (Å²) in [4.78, 5) is 0. The summed E-state index contributed by atoms with van der Waals surface area (Å²) in [5.41, 5.74) is 6.92. The van der Waals surface area contributed by atoms with Crippen LogP contribution in [0.2, 0.25) is 0 Å². The van der Waals surface area contributed by atoms with Crippen LogP contribution in [0, 0.1) is 11.8 Å². The van der Waals surface area contributed by atoms with Crippen molar-refractivity contribution in [3.63, 3.8) is 0 Å². The van der Waals surface area contributed by atoms with Gasteiger partial charge in [-0.15, -0.1) is 0 Å². The normalized spacial score (nSPS) is 31.7. The molecule has 1 heteroatoms. The first-order valence-electron chi connectivity index (χ1n) is 6.35. The highest BCUT2D eigenvalue weighted by atomic mass is 14.5. The molecule has 0 aliphatic heterocycles. The fourth-order valence-electron chi connectivity index (χ4n) is 2.48. The smallest absolute Gasteiger partial charge is 0.00298 e. The third-order valence-electron chi connectivity index (χ3n) is 3.71. The second-order valence-corrected chi connectivity index (χ2v) is 4.76. The molecule has 1 rings (SSSR count). The maximum absolute atomic E-state index is 5.61. The van der Waals surface area contributed by atoms with Gasteiger partial charge in [-0.05, 0) is 55.7 Å². The second-order valence-electron chi connectivity index (χ2n) is 4.76. The second kappa shape index (κ2) is 6.71. The first kappa shape index (κ1) is 12.4. The van der Waals surface area contributed by atoms with Crippen LogP contribution in [0.1, 0.15) is 52.4 Å². The van der Waals surface area contributed by atoms with Gasteiger partial charge >= 0.3 is 0 Å². The molecule has 2 unspecified atom stereocenters. The van der Waals surface area contributed by atoms with Gasteiger partial charge in [0.05, 0.1) is 0 Å². The summed E-state index contributed by atoms with van der Waals surface area (Å²) in [7, 11) is 0. The van der Waals surface area contributed by atoms with E-state index in [-0.39, 0.29) is 0 Å². The van der Waals surface area contributed by atoms with E-state index in [0.717, 1.165) is 18.3 Å². The third-order valence-corrected chi connectivity index (χ3v) is 3.71. The Hall–Kier alpha value is -0.720. The molecule has 0 bridgehead atoms. The summed E-state index contributed by atoms with van der Waals surface area (Å²) in [5.74, 6) is 1.76. The Bertz CT molecular complexity index is 227. The molecule has 0 aromatic rings. The first-order valence-corrected chi connectivity index (χ1v) is 6.35. The Labute approximate surface area is 94.4 Å². The van der Waals surface area contributed by atoms with Crippen LogP contribution in [0.5, 0.6) is 0 Å². The lowest BCUT2D eigenvalue weighted by molar-refractivity contribution is 0.303. The van der Waals surface area contributed by atoms with Crippen molar-refractivity contribution < 1.29 is 0 Å². The lowest BCUT2D eigenvalue weighted by atomic mass is 9.83. The molecule has 0 heterocycles. The zero-order chi connectivity index (χ0) is 11.1. The SMILES string of the molecule is CCC1CCCC=C/C(=C/N)CCC1C. The van der Waals surface area contributed by atoms with Gasteiger partial charge < -0.3 is 5.73 Å². The predicted octanol–water partition coefficient (Wildman–Crippen LogP) is 4.01. The monoisotopic (exact) mass is 207 g/mol. The standard InChI is InChI=1S/C14H25N/c1-3-14-8-6-4-5-7-13(11-15)10-9-12(14)2/h5,7,11-12,14H,3-4,6,8-10,15H2,1-2H3/b7-5?,13-11-. The van der Waals surface area contributed by atoms with Gasteiger partial charge in [0.1, 0.15) is 0 Å². The highest BCUT2D eigenvalue weighted by molar-refractivity contribution is 5.17. The Kier molecular flexibility index (Phi) is 5.52. The lowest BCUT2D eigenvalue weighted by Gasteiger charge is -2.23. The maximum Gasteiger partial charge on any atom is -0.00298 e. The zero-order valence-corrected chi connectivity index (χ0v) is 10.2. The fraction of sp³-hybridized carbons (Fsp3) is 0.714. The zero-order valence-electron chi connectivity index (χ0n) is 10.2. The summed E-state index contributed by atoms with van der Waals surface area (Å²) < 4.78 is 0. The topological polar surface area (TPSA) is 26.0 Å². The van der Waals surface area contributed by atoms with Crippen LogP contribution in [0.3, 0.4) is 0 Å². The molecule has 0 aromatic heterocycles. The maximum atomic E-state index is 5.61. The summed E-state index contributed by atoms with van der Waals surface area (Å²) in [6.07, 6.45) is 13.9. The molecule has 0 spiro atoms. The Morgan fingerprint density at radius 1 is 1.47 bits per heavy atom.